The van der Waals surface area contributed by atoms with Crippen molar-refractivity contribution in [1.82, 2.24) is 0 Å². The standard InChI is InChI=1S/C4H8O2.C3H6O2.5C2H6/c1-3-6-4(2)5;1-3(4)5-2;5*1-2/h3H2,1-2H3;1-2H3;5*1-2H3. The van der Waals surface area contributed by atoms with Crippen LogP contribution in [0.3, 0.4) is 0 Å². The van der Waals surface area contributed by atoms with E-state index >= 15 is 0 Å². The normalized spacial score (nSPS) is 5.24. The minimum atomic E-state index is -0.245. The Balaban J connectivity index is -0.0000000237. The maximum Gasteiger partial charge on any atom is 0.302 e. The lowest BCUT2D eigenvalue weighted by Crippen LogP contribution is -1.95. The van der Waals surface area contributed by atoms with E-state index in [0.717, 1.165) is 0 Å². The van der Waals surface area contributed by atoms with Gasteiger partial charge in [-0.3, -0.25) is 9.59 Å². The fourth-order valence-corrected chi connectivity index (χ4v) is 0.203. The van der Waals surface area contributed by atoms with Crippen LogP contribution in [-0.4, -0.2) is 25.7 Å². The number of esters is 2. The molecule has 0 bridgehead atoms. The molecule has 0 aliphatic heterocycles. The molecular weight excluding hydrogens is 268 g/mol. The van der Waals surface area contributed by atoms with Gasteiger partial charge in [-0.05, 0) is 6.92 Å². The molecule has 0 amide bonds. The summed E-state index contributed by atoms with van der Waals surface area (Å²) in [4.78, 5) is 19.4. The molecule has 0 spiro atoms. The van der Waals surface area contributed by atoms with Crippen LogP contribution in [0, 0.1) is 0 Å². The summed E-state index contributed by atoms with van der Waals surface area (Å²) in [6, 6.07) is 0. The van der Waals surface area contributed by atoms with E-state index in [1.807, 2.05) is 69.2 Å². The van der Waals surface area contributed by atoms with E-state index in [4.69, 9.17) is 0 Å². The molecule has 0 aromatic heterocycles. The van der Waals surface area contributed by atoms with Gasteiger partial charge in [0.1, 0.15) is 0 Å². The molecule has 136 valence electrons. The van der Waals surface area contributed by atoms with Crippen LogP contribution in [0.15, 0.2) is 0 Å². The minimum Gasteiger partial charge on any atom is -0.469 e. The van der Waals surface area contributed by atoms with Crippen LogP contribution in [-0.2, 0) is 19.1 Å². The molecule has 0 heterocycles. The fourth-order valence-electron chi connectivity index (χ4n) is 0.203. The average Bonchev–Trinajstić information content (AvgIpc) is 2.57. The summed E-state index contributed by atoms with van der Waals surface area (Å²) in [5.74, 6) is -0.456. The zero-order valence-electron chi connectivity index (χ0n) is 17.3. The molecule has 0 N–H and O–H groups in total. The largest absolute Gasteiger partial charge is 0.469 e. The molecule has 0 unspecified atom stereocenters. The molecule has 0 aromatic rings. The van der Waals surface area contributed by atoms with Gasteiger partial charge in [0.15, 0.2) is 0 Å². The second kappa shape index (κ2) is 96.7. The van der Waals surface area contributed by atoms with Gasteiger partial charge in [0, 0.05) is 13.8 Å². The number of hydrogen-bond donors (Lipinski definition) is 0. The van der Waals surface area contributed by atoms with Crippen molar-refractivity contribution in [1.29, 1.82) is 0 Å². The summed E-state index contributed by atoms with van der Waals surface area (Å²) in [6.45, 7) is 25.0. The topological polar surface area (TPSA) is 52.6 Å². The molecule has 0 fully saturated rings. The van der Waals surface area contributed by atoms with E-state index < -0.39 is 0 Å². The minimum absolute atomic E-state index is 0.211. The Morgan fingerprint density at radius 3 is 0.857 bits per heavy atom. The van der Waals surface area contributed by atoms with E-state index in [1.54, 1.807) is 6.92 Å². The lowest BCUT2D eigenvalue weighted by Gasteiger charge is -1.89. The predicted octanol–water partition coefficient (Wildman–Crippen LogP) is 5.88. The van der Waals surface area contributed by atoms with Gasteiger partial charge in [-0.1, -0.05) is 69.2 Å². The van der Waals surface area contributed by atoms with Crippen molar-refractivity contribution in [2.24, 2.45) is 0 Å². The van der Waals surface area contributed by atoms with E-state index in [-0.39, 0.29) is 11.9 Å². The number of carbonyl (C=O) groups excluding carboxylic acids is 2. The second-order valence-corrected chi connectivity index (χ2v) is 1.62. The number of ether oxygens (including phenoxy) is 2. The fraction of sp³-hybridized carbons (Fsp3) is 0.882. The molecule has 0 saturated heterocycles. The van der Waals surface area contributed by atoms with E-state index in [2.05, 4.69) is 9.47 Å². The highest BCUT2D eigenvalue weighted by Crippen LogP contribution is 1.69. The summed E-state index contributed by atoms with van der Waals surface area (Å²) in [7, 11) is 1.35. The van der Waals surface area contributed by atoms with Crippen LogP contribution < -0.4 is 0 Å². The molecule has 0 atom stereocenters. The SMILES string of the molecule is CC.CC.CC.CC.CC.CCOC(C)=O.COC(C)=O. The highest BCUT2D eigenvalue weighted by atomic mass is 16.5. The zero-order chi connectivity index (χ0) is 19.3. The van der Waals surface area contributed by atoms with Gasteiger partial charge in [-0.15, -0.1) is 0 Å². The molecular formula is C17H44O4. The van der Waals surface area contributed by atoms with E-state index in [1.165, 1.54) is 21.0 Å². The molecule has 4 heteroatoms. The quantitative estimate of drug-likeness (QED) is 0.567. The third-order valence-electron chi connectivity index (χ3n) is 0.635. The Hall–Kier alpha value is -1.06. The second-order valence-electron chi connectivity index (χ2n) is 1.62. The molecule has 4 nitrogen and oxygen atoms in total. The van der Waals surface area contributed by atoms with Gasteiger partial charge in [-0.2, -0.15) is 0 Å². The maximum absolute atomic E-state index is 9.82. The number of rotatable bonds is 1. The third-order valence-corrected chi connectivity index (χ3v) is 0.635. The summed E-state index contributed by atoms with van der Waals surface area (Å²) >= 11 is 0. The molecule has 0 radical (unpaired) electrons. The van der Waals surface area contributed by atoms with Crippen LogP contribution in [0.1, 0.15) is 90.0 Å². The van der Waals surface area contributed by atoms with Gasteiger partial charge in [0.25, 0.3) is 0 Å². The van der Waals surface area contributed by atoms with Crippen molar-refractivity contribution in [3.63, 3.8) is 0 Å². The van der Waals surface area contributed by atoms with Crippen molar-refractivity contribution >= 4 is 11.9 Å². The third kappa shape index (κ3) is 350. The summed E-state index contributed by atoms with van der Waals surface area (Å²) in [5, 5.41) is 0. The predicted molar refractivity (Wildman–Crippen MR) is 96.7 cm³/mol. The van der Waals surface area contributed by atoms with Gasteiger partial charge >= 0.3 is 11.9 Å². The van der Waals surface area contributed by atoms with Crippen LogP contribution in [0.4, 0.5) is 0 Å². The Bertz CT molecular complexity index is 124. The Morgan fingerprint density at radius 1 is 0.667 bits per heavy atom. The molecule has 21 heavy (non-hydrogen) atoms. The number of carbonyl (C=O) groups is 2. The molecule has 0 rings (SSSR count). The maximum atomic E-state index is 9.82. The summed E-state index contributed by atoms with van der Waals surface area (Å²) in [5.41, 5.74) is 0. The van der Waals surface area contributed by atoms with Crippen LogP contribution in [0.25, 0.3) is 0 Å². The Morgan fingerprint density at radius 2 is 0.857 bits per heavy atom. The van der Waals surface area contributed by atoms with Crippen LogP contribution >= 0.6 is 0 Å². The highest BCUT2D eigenvalue weighted by Gasteiger charge is 1.81. The van der Waals surface area contributed by atoms with Crippen molar-refractivity contribution < 1.29 is 19.1 Å². The van der Waals surface area contributed by atoms with Crippen molar-refractivity contribution in [3.8, 4) is 0 Å². The van der Waals surface area contributed by atoms with Crippen molar-refractivity contribution in [3.05, 3.63) is 0 Å². The number of methoxy groups -OCH3 is 1. The van der Waals surface area contributed by atoms with Crippen molar-refractivity contribution in [2.75, 3.05) is 13.7 Å². The molecule has 0 aliphatic rings. The lowest BCUT2D eigenvalue weighted by molar-refractivity contribution is -0.140. The zero-order valence-corrected chi connectivity index (χ0v) is 17.3. The van der Waals surface area contributed by atoms with E-state index in [9.17, 15) is 9.59 Å². The first-order chi connectivity index (χ1) is 10.0. The molecule has 0 aromatic carbocycles. The van der Waals surface area contributed by atoms with Crippen LogP contribution in [0.2, 0.25) is 0 Å². The van der Waals surface area contributed by atoms with Gasteiger partial charge in [0.05, 0.1) is 13.7 Å². The highest BCUT2D eigenvalue weighted by molar-refractivity contribution is 5.65. The molecule has 0 aliphatic carbocycles. The van der Waals surface area contributed by atoms with Crippen LogP contribution in [0.5, 0.6) is 0 Å². The first kappa shape index (κ1) is 42.7. The van der Waals surface area contributed by atoms with Gasteiger partial charge < -0.3 is 9.47 Å². The average molecular weight is 313 g/mol. The lowest BCUT2D eigenvalue weighted by atomic mass is 10.8. The number of hydrogen-bond acceptors (Lipinski definition) is 4. The Labute approximate surface area is 135 Å². The van der Waals surface area contributed by atoms with Crippen molar-refractivity contribution in [2.45, 2.75) is 90.0 Å². The summed E-state index contributed by atoms with van der Waals surface area (Å²) < 4.78 is 8.51. The smallest absolute Gasteiger partial charge is 0.302 e. The first-order valence-electron chi connectivity index (χ1n) is 8.22. The van der Waals surface area contributed by atoms with Gasteiger partial charge in [-0.25, -0.2) is 0 Å². The Kier molecular flexibility index (Phi) is 197. The van der Waals surface area contributed by atoms with Gasteiger partial charge in [0.2, 0.25) is 0 Å². The molecule has 0 saturated carbocycles. The first-order valence-corrected chi connectivity index (χ1v) is 8.22. The summed E-state index contributed by atoms with van der Waals surface area (Å²) in [6.07, 6.45) is 0. The monoisotopic (exact) mass is 312 g/mol. The van der Waals surface area contributed by atoms with E-state index in [0.29, 0.717) is 6.61 Å².